The van der Waals surface area contributed by atoms with Gasteiger partial charge in [-0.2, -0.15) is 0 Å². The molecule has 0 saturated carbocycles. The van der Waals surface area contributed by atoms with Crippen LogP contribution in [-0.2, 0) is 11.2 Å². The normalized spacial score (nSPS) is 12.1. The van der Waals surface area contributed by atoms with Gasteiger partial charge in [0.15, 0.2) is 0 Å². The van der Waals surface area contributed by atoms with Crippen molar-refractivity contribution in [2.45, 2.75) is 12.3 Å². The Bertz CT molecular complexity index is 525. The highest BCUT2D eigenvalue weighted by Gasteiger charge is 2.20. The largest absolute Gasteiger partial charge is 0.481 e. The highest BCUT2D eigenvalue weighted by atomic mass is 19.1. The number of aliphatic carboxylic acids is 1. The smallest absolute Gasteiger partial charge is 0.311 e. The van der Waals surface area contributed by atoms with E-state index >= 15 is 0 Å². The van der Waals surface area contributed by atoms with Gasteiger partial charge in [0, 0.05) is 12.4 Å². The number of carboxylic acid groups (broad SMARTS) is 1. The summed E-state index contributed by atoms with van der Waals surface area (Å²) in [7, 11) is 0. The number of hydrogen-bond donors (Lipinski definition) is 1. The molecule has 0 aliphatic carbocycles. The molecule has 1 atom stereocenters. The number of hydrogen-bond acceptors (Lipinski definition) is 2. The summed E-state index contributed by atoms with van der Waals surface area (Å²) in [6.45, 7) is 0. The van der Waals surface area contributed by atoms with Gasteiger partial charge in [-0.3, -0.25) is 9.78 Å². The van der Waals surface area contributed by atoms with Crippen molar-refractivity contribution in [2.75, 3.05) is 0 Å². The predicted octanol–water partition coefficient (Wildman–Crippen LogP) is 2.63. The van der Waals surface area contributed by atoms with Crippen LogP contribution in [-0.4, -0.2) is 16.1 Å². The monoisotopic (exact) mass is 245 g/mol. The average molecular weight is 245 g/mol. The number of aromatic nitrogens is 1. The molecule has 2 rings (SSSR count). The lowest BCUT2D eigenvalue weighted by molar-refractivity contribution is -0.138. The molecular weight excluding hydrogens is 233 g/mol. The number of carbonyl (C=O) groups is 1. The van der Waals surface area contributed by atoms with Gasteiger partial charge in [-0.1, -0.05) is 12.1 Å². The maximum Gasteiger partial charge on any atom is 0.311 e. The van der Waals surface area contributed by atoms with Crippen LogP contribution < -0.4 is 0 Å². The first-order valence-electron chi connectivity index (χ1n) is 5.54. The minimum atomic E-state index is -0.918. The van der Waals surface area contributed by atoms with Gasteiger partial charge in [0.25, 0.3) is 0 Å². The van der Waals surface area contributed by atoms with E-state index in [0.29, 0.717) is 12.0 Å². The van der Waals surface area contributed by atoms with Crippen LogP contribution in [0.15, 0.2) is 48.8 Å². The highest BCUT2D eigenvalue weighted by molar-refractivity contribution is 5.76. The quantitative estimate of drug-likeness (QED) is 0.900. The minimum Gasteiger partial charge on any atom is -0.481 e. The predicted molar refractivity (Wildman–Crippen MR) is 64.7 cm³/mol. The van der Waals surface area contributed by atoms with E-state index in [1.807, 2.05) is 0 Å². The third-order valence-corrected chi connectivity index (χ3v) is 2.76. The molecule has 0 fully saturated rings. The fourth-order valence-electron chi connectivity index (χ4n) is 1.80. The van der Waals surface area contributed by atoms with Crippen molar-refractivity contribution >= 4 is 5.97 Å². The fraction of sp³-hybridized carbons (Fsp3) is 0.143. The molecule has 0 aliphatic heterocycles. The van der Waals surface area contributed by atoms with Crippen LogP contribution in [0, 0.1) is 5.82 Å². The third-order valence-electron chi connectivity index (χ3n) is 2.76. The molecule has 92 valence electrons. The molecule has 1 N–H and O–H groups in total. The van der Waals surface area contributed by atoms with Gasteiger partial charge in [-0.05, 0) is 41.8 Å². The molecule has 3 nitrogen and oxygen atoms in total. The van der Waals surface area contributed by atoms with E-state index in [1.54, 1.807) is 24.5 Å². The molecule has 4 heteroatoms. The van der Waals surface area contributed by atoms with Gasteiger partial charge in [0.1, 0.15) is 5.82 Å². The Hall–Kier alpha value is -2.23. The topological polar surface area (TPSA) is 50.2 Å². The highest BCUT2D eigenvalue weighted by Crippen LogP contribution is 2.21. The second kappa shape index (κ2) is 5.40. The molecule has 18 heavy (non-hydrogen) atoms. The Labute approximate surface area is 104 Å². The van der Waals surface area contributed by atoms with Crippen LogP contribution >= 0.6 is 0 Å². The lowest BCUT2D eigenvalue weighted by atomic mass is 9.92. The zero-order valence-electron chi connectivity index (χ0n) is 9.58. The van der Waals surface area contributed by atoms with E-state index in [2.05, 4.69) is 4.98 Å². The van der Waals surface area contributed by atoms with E-state index in [1.165, 1.54) is 24.3 Å². The summed E-state index contributed by atoms with van der Waals surface area (Å²) < 4.78 is 12.8. The van der Waals surface area contributed by atoms with Crippen molar-refractivity contribution in [2.24, 2.45) is 0 Å². The Morgan fingerprint density at radius 2 is 1.78 bits per heavy atom. The van der Waals surface area contributed by atoms with Crippen molar-refractivity contribution in [1.29, 1.82) is 0 Å². The lowest BCUT2D eigenvalue weighted by Crippen LogP contribution is -2.14. The van der Waals surface area contributed by atoms with Crippen molar-refractivity contribution in [3.05, 3.63) is 65.7 Å². The molecule has 2 aromatic rings. The van der Waals surface area contributed by atoms with Gasteiger partial charge >= 0.3 is 5.97 Å². The standard InChI is InChI=1S/C14H12FNO2/c15-12-3-1-11(2-4-12)13(14(17)18)9-10-5-7-16-8-6-10/h1-8,13H,9H2,(H,17,18). The van der Waals surface area contributed by atoms with Gasteiger partial charge in [0.2, 0.25) is 0 Å². The second-order valence-electron chi connectivity index (χ2n) is 4.00. The van der Waals surface area contributed by atoms with Crippen LogP contribution in [0.25, 0.3) is 0 Å². The molecule has 0 bridgehead atoms. The summed E-state index contributed by atoms with van der Waals surface area (Å²) in [4.78, 5) is 15.2. The summed E-state index contributed by atoms with van der Waals surface area (Å²) in [6.07, 6.45) is 3.61. The van der Waals surface area contributed by atoms with Crippen molar-refractivity contribution in [1.82, 2.24) is 4.98 Å². The minimum absolute atomic E-state index is 0.365. The molecule has 0 aliphatic rings. The number of halogens is 1. The number of carboxylic acids is 1. The van der Waals surface area contributed by atoms with Crippen molar-refractivity contribution in [3.63, 3.8) is 0 Å². The Morgan fingerprint density at radius 1 is 1.17 bits per heavy atom. The van der Waals surface area contributed by atoms with Crippen LogP contribution in [0.5, 0.6) is 0 Å². The SMILES string of the molecule is O=C(O)C(Cc1ccncc1)c1ccc(F)cc1. The summed E-state index contributed by atoms with van der Waals surface area (Å²) in [5.41, 5.74) is 1.49. The Kier molecular flexibility index (Phi) is 3.67. The molecule has 1 aromatic heterocycles. The first-order valence-corrected chi connectivity index (χ1v) is 5.54. The Morgan fingerprint density at radius 3 is 2.33 bits per heavy atom. The maximum atomic E-state index is 12.8. The van der Waals surface area contributed by atoms with Crippen molar-refractivity contribution in [3.8, 4) is 0 Å². The van der Waals surface area contributed by atoms with Gasteiger partial charge in [-0.15, -0.1) is 0 Å². The molecular formula is C14H12FNO2. The zero-order chi connectivity index (χ0) is 13.0. The summed E-state index contributed by atoms with van der Waals surface area (Å²) in [5, 5.41) is 9.25. The van der Waals surface area contributed by atoms with Crippen LogP contribution in [0.4, 0.5) is 4.39 Å². The lowest BCUT2D eigenvalue weighted by Gasteiger charge is -2.12. The zero-order valence-corrected chi connectivity index (χ0v) is 9.58. The Balaban J connectivity index is 2.24. The molecule has 0 saturated heterocycles. The van der Waals surface area contributed by atoms with Gasteiger partial charge in [0.05, 0.1) is 5.92 Å². The van der Waals surface area contributed by atoms with Crippen molar-refractivity contribution < 1.29 is 14.3 Å². The number of benzene rings is 1. The fourth-order valence-corrected chi connectivity index (χ4v) is 1.80. The molecule has 1 unspecified atom stereocenters. The third kappa shape index (κ3) is 2.91. The molecule has 0 amide bonds. The van der Waals surface area contributed by atoms with Gasteiger partial charge in [-0.25, -0.2) is 4.39 Å². The molecule has 1 aromatic carbocycles. The summed E-state index contributed by atoms with van der Waals surface area (Å²) in [6, 6.07) is 9.12. The second-order valence-corrected chi connectivity index (χ2v) is 4.00. The van der Waals surface area contributed by atoms with E-state index in [9.17, 15) is 14.3 Å². The van der Waals surface area contributed by atoms with Crippen LogP contribution in [0.1, 0.15) is 17.0 Å². The molecule has 1 heterocycles. The van der Waals surface area contributed by atoms with Crippen LogP contribution in [0.2, 0.25) is 0 Å². The van der Waals surface area contributed by atoms with E-state index in [4.69, 9.17) is 0 Å². The van der Waals surface area contributed by atoms with E-state index in [-0.39, 0.29) is 5.82 Å². The van der Waals surface area contributed by atoms with E-state index < -0.39 is 11.9 Å². The van der Waals surface area contributed by atoms with Crippen LogP contribution in [0.3, 0.4) is 0 Å². The summed E-state index contributed by atoms with van der Waals surface area (Å²) >= 11 is 0. The first kappa shape index (κ1) is 12.2. The summed E-state index contributed by atoms with van der Waals surface area (Å²) in [5.74, 6) is -1.96. The number of rotatable bonds is 4. The molecule has 0 radical (unpaired) electrons. The maximum absolute atomic E-state index is 12.8. The van der Waals surface area contributed by atoms with E-state index in [0.717, 1.165) is 5.56 Å². The number of pyridine rings is 1. The van der Waals surface area contributed by atoms with Gasteiger partial charge < -0.3 is 5.11 Å². The average Bonchev–Trinajstić information content (AvgIpc) is 2.38. The first-order chi connectivity index (χ1) is 8.66. The number of nitrogens with zero attached hydrogens (tertiary/aromatic N) is 1. The molecule has 0 spiro atoms.